The van der Waals surface area contributed by atoms with Gasteiger partial charge in [-0.05, 0) is 0 Å². The zero-order valence-electron chi connectivity index (χ0n) is 32.4. The van der Waals surface area contributed by atoms with E-state index in [2.05, 4.69) is 79.8 Å². The number of hydrogen-bond donors (Lipinski definition) is 15. The van der Waals surface area contributed by atoms with Crippen molar-refractivity contribution < 1.29 is 38.3 Å². The summed E-state index contributed by atoms with van der Waals surface area (Å²) >= 11 is 0. The van der Waals surface area contributed by atoms with E-state index in [1.54, 1.807) is 0 Å². The zero-order valence-corrected chi connectivity index (χ0v) is 32.4. The number of nitrogens with zero attached hydrogens (tertiary/aromatic N) is 1. The van der Waals surface area contributed by atoms with Gasteiger partial charge in [0.1, 0.15) is 0 Å². The van der Waals surface area contributed by atoms with Crippen LogP contribution in [0.2, 0.25) is 0 Å². The predicted molar refractivity (Wildman–Crippen MR) is 207 cm³/mol. The van der Waals surface area contributed by atoms with Gasteiger partial charge in [-0.25, -0.2) is 0 Å². The van der Waals surface area contributed by atoms with Crippen molar-refractivity contribution in [1.29, 1.82) is 0 Å². The molecule has 0 aromatic carbocycles. The van der Waals surface area contributed by atoms with Gasteiger partial charge in [0.15, 0.2) is 0 Å². The molecule has 1 aliphatic heterocycles. The van der Waals surface area contributed by atoms with Crippen molar-refractivity contribution in [3.63, 3.8) is 0 Å². The van der Waals surface area contributed by atoms with Gasteiger partial charge in [-0.2, -0.15) is 0 Å². The molecule has 7 amide bonds. The monoisotopic (exact) mass is 802 g/mol. The van der Waals surface area contributed by atoms with Crippen LogP contribution in [0.25, 0.3) is 0 Å². The smallest absolute Gasteiger partial charge is 0.309 e. The Hall–Kier alpha value is -4.43. The average molecular weight is 802 g/mol. The van der Waals surface area contributed by atoms with Crippen LogP contribution in [0, 0.1) is 4.91 Å². The highest BCUT2D eigenvalue weighted by atomic mass is 16.3. The molecule has 0 atom stereocenters. The van der Waals surface area contributed by atoms with Gasteiger partial charge in [0, 0.05) is 154 Å². The van der Waals surface area contributed by atoms with E-state index in [1.165, 1.54) is 0 Å². The summed E-state index contributed by atoms with van der Waals surface area (Å²) in [5, 5.41) is 42.9. The summed E-state index contributed by atoms with van der Waals surface area (Å²) in [5.41, 5.74) is 0. The van der Waals surface area contributed by atoms with Crippen LogP contribution in [-0.4, -0.2) is 210 Å². The van der Waals surface area contributed by atoms with Crippen molar-refractivity contribution in [3.8, 4) is 0 Å². The van der Waals surface area contributed by atoms with Gasteiger partial charge >= 0.3 is 35.4 Å². The molecule has 0 bridgehead atoms. The summed E-state index contributed by atoms with van der Waals surface area (Å²) < 4.78 is 0.680. The van der Waals surface area contributed by atoms with E-state index in [9.17, 15) is 38.5 Å². The normalized spacial score (nSPS) is 21.6. The molecule has 24 nitrogen and oxygen atoms in total. The van der Waals surface area contributed by atoms with Crippen molar-refractivity contribution >= 4 is 41.4 Å². The van der Waals surface area contributed by atoms with Crippen LogP contribution in [0.3, 0.4) is 0 Å². The van der Waals surface area contributed by atoms with E-state index in [0.29, 0.717) is 116 Å². The highest BCUT2D eigenvalue weighted by Gasteiger charge is 2.15. The number of hydrogen-bond acceptors (Lipinski definition) is 16. The molecule has 0 unspecified atom stereocenters. The molecule has 56 heavy (non-hydrogen) atoms. The van der Waals surface area contributed by atoms with Crippen LogP contribution >= 0.6 is 0 Å². The minimum atomic E-state index is -0.727. The van der Waals surface area contributed by atoms with Gasteiger partial charge in [-0.15, -0.1) is 0 Å². The lowest BCUT2D eigenvalue weighted by molar-refractivity contribution is -0.535. The molecule has 0 aromatic heterocycles. The maximum atomic E-state index is 12.0. The molecule has 1 fully saturated rings. The van der Waals surface area contributed by atoms with Gasteiger partial charge in [-0.3, -0.25) is 33.6 Å². The van der Waals surface area contributed by atoms with Crippen molar-refractivity contribution in [2.75, 3.05) is 164 Å². The fourth-order valence-corrected chi connectivity index (χ4v) is 4.56. The molecule has 0 saturated carbocycles. The third kappa shape index (κ3) is 29.9. The summed E-state index contributed by atoms with van der Waals surface area (Å²) in [5.74, 6) is -4.71. The van der Waals surface area contributed by atoms with E-state index >= 15 is 0 Å². The molecule has 1 rings (SSSR count). The summed E-state index contributed by atoms with van der Waals surface area (Å²) in [4.78, 5) is 95.7. The molecule has 0 radical (unpaired) electrons. The molecular weight excluding hydrogens is 736 g/mol. The number of nitroso groups, excluding NO2 is 1. The predicted octanol–water partition coefficient (Wildman–Crippen LogP) is -9.69. The van der Waals surface area contributed by atoms with E-state index in [0.717, 1.165) is 0 Å². The van der Waals surface area contributed by atoms with Crippen LogP contribution in [0.4, 0.5) is 0 Å². The van der Waals surface area contributed by atoms with E-state index in [4.69, 9.17) is 0 Å². The van der Waals surface area contributed by atoms with Crippen molar-refractivity contribution in [3.05, 3.63) is 4.91 Å². The second kappa shape index (κ2) is 35.0. The SMILES string of the molecule is O=C1C[N+](=O)CCNCCNCCNC(=O)C(=O)NCCNCCNCCNC(=O)C(=O)NCCNCCNCCNC(=O)C(=O)NCCNCCNCCN1. The van der Waals surface area contributed by atoms with Crippen LogP contribution in [0.5, 0.6) is 0 Å². The topological polar surface area (TPSA) is 320 Å². The Morgan fingerprint density at radius 1 is 0.268 bits per heavy atom. The van der Waals surface area contributed by atoms with E-state index in [1.807, 2.05) is 0 Å². The Morgan fingerprint density at radius 2 is 0.464 bits per heavy atom. The van der Waals surface area contributed by atoms with Crippen LogP contribution in [-0.2, 0) is 33.6 Å². The van der Waals surface area contributed by atoms with Crippen molar-refractivity contribution in [1.82, 2.24) is 79.8 Å². The Bertz CT molecular complexity index is 1180. The first-order chi connectivity index (χ1) is 27.2. The number of carbonyl (C=O) groups excluding carboxylic acids is 7. The summed E-state index contributed by atoms with van der Waals surface area (Å²) in [6, 6.07) is 0. The number of carbonyl (C=O) groups is 7. The Morgan fingerprint density at radius 3 is 0.714 bits per heavy atom. The Balaban J connectivity index is 2.31. The maximum Gasteiger partial charge on any atom is 0.309 e. The Kier molecular flexibility index (Phi) is 31.0. The molecule has 0 aromatic rings. The molecule has 24 heteroatoms. The third-order valence-electron chi connectivity index (χ3n) is 7.54. The molecule has 1 saturated heterocycles. The molecule has 320 valence electrons. The van der Waals surface area contributed by atoms with E-state index < -0.39 is 35.4 Å². The van der Waals surface area contributed by atoms with Crippen LogP contribution in [0.1, 0.15) is 0 Å². The number of rotatable bonds is 0. The summed E-state index contributed by atoms with van der Waals surface area (Å²) in [6.45, 7) is 10.1. The van der Waals surface area contributed by atoms with Gasteiger partial charge in [-0.1, -0.05) is 0 Å². The van der Waals surface area contributed by atoms with Gasteiger partial charge in [0.2, 0.25) is 6.54 Å². The Labute approximate surface area is 327 Å². The summed E-state index contributed by atoms with van der Waals surface area (Å²) in [7, 11) is 0. The van der Waals surface area contributed by atoms with Crippen LogP contribution in [0.15, 0.2) is 0 Å². The largest absolute Gasteiger partial charge is 0.349 e. The summed E-state index contributed by atoms with van der Waals surface area (Å²) in [6.07, 6.45) is 0. The van der Waals surface area contributed by atoms with Crippen LogP contribution < -0.4 is 79.8 Å². The second-order valence-corrected chi connectivity index (χ2v) is 12.2. The molecule has 0 aliphatic carbocycles. The molecule has 0 spiro atoms. The van der Waals surface area contributed by atoms with Gasteiger partial charge < -0.3 is 79.8 Å². The van der Waals surface area contributed by atoms with Crippen molar-refractivity contribution in [2.24, 2.45) is 0 Å². The fraction of sp³-hybridized carbons (Fsp3) is 0.781. The van der Waals surface area contributed by atoms with E-state index in [-0.39, 0.29) is 58.3 Å². The number of nitrogens with one attached hydrogen (secondary N) is 15. The number of amides is 7. The highest BCUT2D eigenvalue weighted by molar-refractivity contribution is 6.35. The standard InChI is InChI=1S/C32H64N16O8/c49-26-25-48(56)24-23-40-8-7-39-15-22-47-32(55)31(54)46-21-14-38-6-5-37-13-20-45-30(53)29(52)44-19-12-36-4-3-35-11-18-43-28(51)27(50)42-17-10-34-2-1-33-9-16-41-26/h33-40H,1-25H2,(H6-,41,42,43,44,45,46,47,49,50,51,52,53,54,55)/p+1. The zero-order chi connectivity index (χ0) is 40.9. The minimum absolute atomic E-state index is 0.138. The molecule has 15 N–H and O–H groups in total. The third-order valence-corrected chi connectivity index (χ3v) is 7.54. The first-order valence-electron chi connectivity index (χ1n) is 19.2. The lowest BCUT2D eigenvalue weighted by Crippen LogP contribution is -2.45. The lowest BCUT2D eigenvalue weighted by atomic mass is 10.4. The van der Waals surface area contributed by atoms with Gasteiger partial charge in [0.25, 0.3) is 12.5 Å². The quantitative estimate of drug-likeness (QED) is 0.0799. The second-order valence-electron chi connectivity index (χ2n) is 12.2. The molecule has 1 heterocycles. The maximum absolute atomic E-state index is 12.0. The average Bonchev–Trinajstić information content (AvgIpc) is 3.18. The highest BCUT2D eigenvalue weighted by Crippen LogP contribution is 1.77. The molecule has 1 aliphatic rings. The first-order valence-corrected chi connectivity index (χ1v) is 19.2. The minimum Gasteiger partial charge on any atom is -0.349 e. The van der Waals surface area contributed by atoms with Crippen molar-refractivity contribution in [2.45, 2.75) is 0 Å². The fourth-order valence-electron chi connectivity index (χ4n) is 4.56. The lowest BCUT2D eigenvalue weighted by Gasteiger charge is -2.10. The first kappa shape index (κ1) is 49.6. The van der Waals surface area contributed by atoms with Gasteiger partial charge in [0.05, 0.1) is 6.54 Å². The molecular formula is C32H65N16O8+.